The van der Waals surface area contributed by atoms with E-state index in [-0.39, 0.29) is 5.75 Å². The van der Waals surface area contributed by atoms with Crippen LogP contribution in [0.1, 0.15) is 31.5 Å². The number of ether oxygens (including phenoxy) is 1. The van der Waals surface area contributed by atoms with Crippen molar-refractivity contribution < 1.29 is 14.6 Å². The second-order valence-electron chi connectivity index (χ2n) is 4.46. The highest BCUT2D eigenvalue weighted by Gasteiger charge is 2.32. The molecule has 1 N–H and O–H groups in total. The van der Waals surface area contributed by atoms with Crippen LogP contribution in [0.5, 0.6) is 0 Å². The molecule has 0 aliphatic heterocycles. The zero-order chi connectivity index (χ0) is 13.1. The SMILES string of the molecule is CCOC1CC(n2cc(C)nc2SCC(=O)O)C1. The molecule has 100 valence electrons. The molecule has 0 aromatic carbocycles. The number of nitrogens with zero attached hydrogens (tertiary/aromatic N) is 2. The normalized spacial score (nSPS) is 22.8. The Kier molecular flexibility index (Phi) is 4.29. The Bertz CT molecular complexity index is 427. The first kappa shape index (κ1) is 13.4. The minimum Gasteiger partial charge on any atom is -0.481 e. The van der Waals surface area contributed by atoms with E-state index in [1.54, 1.807) is 0 Å². The molecule has 1 heterocycles. The van der Waals surface area contributed by atoms with Gasteiger partial charge in [-0.15, -0.1) is 0 Å². The second kappa shape index (κ2) is 5.75. The highest BCUT2D eigenvalue weighted by Crippen LogP contribution is 2.37. The number of carboxylic acid groups (broad SMARTS) is 1. The van der Waals surface area contributed by atoms with Crippen molar-refractivity contribution in [2.24, 2.45) is 0 Å². The number of hydrogen-bond donors (Lipinski definition) is 1. The quantitative estimate of drug-likeness (QED) is 0.802. The molecule has 2 rings (SSSR count). The van der Waals surface area contributed by atoms with Crippen molar-refractivity contribution in [1.29, 1.82) is 0 Å². The van der Waals surface area contributed by atoms with Gasteiger partial charge < -0.3 is 14.4 Å². The Morgan fingerprint density at radius 1 is 1.67 bits per heavy atom. The third-order valence-electron chi connectivity index (χ3n) is 3.01. The minimum absolute atomic E-state index is 0.0536. The fourth-order valence-electron chi connectivity index (χ4n) is 2.13. The Morgan fingerprint density at radius 3 is 3.00 bits per heavy atom. The monoisotopic (exact) mass is 270 g/mol. The van der Waals surface area contributed by atoms with E-state index in [1.165, 1.54) is 11.8 Å². The predicted molar refractivity (Wildman–Crippen MR) is 69.0 cm³/mol. The topological polar surface area (TPSA) is 64.4 Å². The van der Waals surface area contributed by atoms with Crippen LogP contribution in [-0.4, -0.2) is 39.1 Å². The molecule has 0 saturated heterocycles. The van der Waals surface area contributed by atoms with E-state index in [0.29, 0.717) is 12.1 Å². The molecule has 1 saturated carbocycles. The maximum Gasteiger partial charge on any atom is 0.313 e. The highest BCUT2D eigenvalue weighted by molar-refractivity contribution is 7.99. The van der Waals surface area contributed by atoms with Gasteiger partial charge in [0.15, 0.2) is 5.16 Å². The molecule has 0 spiro atoms. The van der Waals surface area contributed by atoms with Crippen molar-refractivity contribution in [1.82, 2.24) is 9.55 Å². The molecule has 1 fully saturated rings. The zero-order valence-corrected chi connectivity index (χ0v) is 11.4. The fourth-order valence-corrected chi connectivity index (χ4v) is 2.94. The number of imidazole rings is 1. The third kappa shape index (κ3) is 3.05. The number of hydrogen-bond acceptors (Lipinski definition) is 4. The van der Waals surface area contributed by atoms with Crippen molar-refractivity contribution in [3.8, 4) is 0 Å². The van der Waals surface area contributed by atoms with Crippen LogP contribution >= 0.6 is 11.8 Å². The number of carbonyl (C=O) groups is 1. The lowest BCUT2D eigenvalue weighted by atomic mass is 9.89. The zero-order valence-electron chi connectivity index (χ0n) is 10.6. The average Bonchev–Trinajstić information content (AvgIpc) is 2.61. The smallest absolute Gasteiger partial charge is 0.313 e. The van der Waals surface area contributed by atoms with Gasteiger partial charge in [-0.3, -0.25) is 4.79 Å². The van der Waals surface area contributed by atoms with Crippen molar-refractivity contribution in [2.45, 2.75) is 44.0 Å². The molecule has 0 bridgehead atoms. The van der Waals surface area contributed by atoms with Gasteiger partial charge in [-0.05, 0) is 26.7 Å². The maximum atomic E-state index is 10.6. The maximum absolute atomic E-state index is 10.6. The number of aliphatic carboxylic acids is 1. The van der Waals surface area contributed by atoms with E-state index in [1.807, 2.05) is 20.0 Å². The van der Waals surface area contributed by atoms with Gasteiger partial charge in [-0.25, -0.2) is 4.98 Å². The first-order chi connectivity index (χ1) is 8.60. The largest absolute Gasteiger partial charge is 0.481 e. The lowest BCUT2D eigenvalue weighted by molar-refractivity contribution is -0.133. The van der Waals surface area contributed by atoms with Crippen LogP contribution in [0.2, 0.25) is 0 Å². The molecule has 6 heteroatoms. The Morgan fingerprint density at radius 2 is 2.39 bits per heavy atom. The number of thioether (sulfide) groups is 1. The molecular weight excluding hydrogens is 252 g/mol. The summed E-state index contributed by atoms with van der Waals surface area (Å²) >= 11 is 1.28. The summed E-state index contributed by atoms with van der Waals surface area (Å²) in [5.41, 5.74) is 0.933. The molecule has 18 heavy (non-hydrogen) atoms. The van der Waals surface area contributed by atoms with Crippen molar-refractivity contribution >= 4 is 17.7 Å². The van der Waals surface area contributed by atoms with E-state index in [0.717, 1.165) is 30.3 Å². The van der Waals surface area contributed by atoms with Gasteiger partial charge in [0.25, 0.3) is 0 Å². The standard InChI is InChI=1S/C12H18N2O3S/c1-3-17-10-4-9(5-10)14-6-8(2)13-12(14)18-7-11(15)16/h6,9-10H,3-5,7H2,1-2H3,(H,15,16). The number of rotatable bonds is 6. The van der Waals surface area contributed by atoms with Gasteiger partial charge in [-0.1, -0.05) is 11.8 Å². The number of aryl methyl sites for hydroxylation is 1. The summed E-state index contributed by atoms with van der Waals surface area (Å²) in [7, 11) is 0. The molecule has 0 unspecified atom stereocenters. The van der Waals surface area contributed by atoms with Crippen LogP contribution in [-0.2, 0) is 9.53 Å². The minimum atomic E-state index is -0.812. The van der Waals surface area contributed by atoms with Gasteiger partial charge in [0, 0.05) is 18.8 Å². The molecule has 0 radical (unpaired) electrons. The molecule has 1 aromatic heterocycles. The molecule has 0 amide bonds. The Balaban J connectivity index is 1.98. The van der Waals surface area contributed by atoms with E-state index in [4.69, 9.17) is 9.84 Å². The number of aromatic nitrogens is 2. The van der Waals surface area contributed by atoms with E-state index in [9.17, 15) is 4.79 Å². The summed E-state index contributed by atoms with van der Waals surface area (Å²) in [6.07, 6.45) is 4.32. The van der Waals surface area contributed by atoms with E-state index < -0.39 is 5.97 Å². The van der Waals surface area contributed by atoms with Crippen LogP contribution in [0.25, 0.3) is 0 Å². The summed E-state index contributed by atoms with van der Waals surface area (Å²) in [5, 5.41) is 9.52. The van der Waals surface area contributed by atoms with Crippen molar-refractivity contribution in [3.05, 3.63) is 11.9 Å². The predicted octanol–water partition coefficient (Wildman–Crippen LogP) is 2.11. The van der Waals surface area contributed by atoms with Crippen molar-refractivity contribution in [3.63, 3.8) is 0 Å². The molecule has 1 aromatic rings. The van der Waals surface area contributed by atoms with Crippen LogP contribution in [0.4, 0.5) is 0 Å². The average molecular weight is 270 g/mol. The summed E-state index contributed by atoms with van der Waals surface area (Å²) in [5.74, 6) is -0.758. The fraction of sp³-hybridized carbons (Fsp3) is 0.667. The summed E-state index contributed by atoms with van der Waals surface area (Å²) in [6, 6.07) is 0.402. The van der Waals surface area contributed by atoms with Crippen LogP contribution < -0.4 is 0 Å². The van der Waals surface area contributed by atoms with Gasteiger partial charge in [0.05, 0.1) is 17.6 Å². The van der Waals surface area contributed by atoms with Gasteiger partial charge in [0.1, 0.15) is 0 Å². The lowest BCUT2D eigenvalue weighted by Crippen LogP contribution is -2.33. The second-order valence-corrected chi connectivity index (χ2v) is 5.40. The molecule has 0 atom stereocenters. The van der Waals surface area contributed by atoms with Crippen LogP contribution in [0, 0.1) is 6.92 Å². The molecule has 1 aliphatic carbocycles. The summed E-state index contributed by atoms with van der Waals surface area (Å²) < 4.78 is 7.64. The molecule has 5 nitrogen and oxygen atoms in total. The Labute approximate surface area is 111 Å². The molecule has 1 aliphatic rings. The first-order valence-electron chi connectivity index (χ1n) is 6.11. The van der Waals surface area contributed by atoms with Crippen LogP contribution in [0.3, 0.4) is 0 Å². The van der Waals surface area contributed by atoms with Crippen LogP contribution in [0.15, 0.2) is 11.4 Å². The van der Waals surface area contributed by atoms with Crippen molar-refractivity contribution in [2.75, 3.05) is 12.4 Å². The van der Waals surface area contributed by atoms with Gasteiger partial charge in [-0.2, -0.15) is 0 Å². The highest BCUT2D eigenvalue weighted by atomic mass is 32.2. The van der Waals surface area contributed by atoms with E-state index >= 15 is 0 Å². The first-order valence-corrected chi connectivity index (χ1v) is 7.10. The van der Waals surface area contributed by atoms with E-state index in [2.05, 4.69) is 9.55 Å². The number of carboxylic acids is 1. The Hall–Kier alpha value is -1.01. The van der Waals surface area contributed by atoms with Gasteiger partial charge >= 0.3 is 5.97 Å². The van der Waals surface area contributed by atoms with Gasteiger partial charge in [0.2, 0.25) is 0 Å². The lowest BCUT2D eigenvalue weighted by Gasteiger charge is -2.36. The third-order valence-corrected chi connectivity index (χ3v) is 3.96. The molecular formula is C12H18N2O3S. The summed E-state index contributed by atoms with van der Waals surface area (Å²) in [6.45, 7) is 4.68. The summed E-state index contributed by atoms with van der Waals surface area (Å²) in [4.78, 5) is 15.0.